The van der Waals surface area contributed by atoms with E-state index in [2.05, 4.69) is 0 Å². The van der Waals surface area contributed by atoms with Crippen LogP contribution < -0.4 is 0 Å². The molecule has 0 heterocycles. The van der Waals surface area contributed by atoms with Gasteiger partial charge in [-0.15, -0.1) is 0 Å². The van der Waals surface area contributed by atoms with Gasteiger partial charge in [-0.2, -0.15) is 11.8 Å². The van der Waals surface area contributed by atoms with Gasteiger partial charge in [0.25, 0.3) is 0 Å². The molecule has 0 aromatic carbocycles. The number of carbonyl (C=O) groups is 1. The summed E-state index contributed by atoms with van der Waals surface area (Å²) >= 11 is 1.69. The van der Waals surface area contributed by atoms with Crippen LogP contribution in [0.3, 0.4) is 0 Å². The Bertz CT molecular complexity index is 125. The Morgan fingerprint density at radius 3 is 2.55 bits per heavy atom. The van der Waals surface area contributed by atoms with Crippen LogP contribution in [0, 0.1) is 5.92 Å². The quantitative estimate of drug-likeness (QED) is 0.686. The first-order valence-electron chi connectivity index (χ1n) is 3.77. The molecule has 0 aliphatic rings. The second-order valence-corrected chi connectivity index (χ2v) is 3.73. The summed E-state index contributed by atoms with van der Waals surface area (Å²) in [5, 5.41) is 9.39. The van der Waals surface area contributed by atoms with Crippen LogP contribution in [0.4, 0.5) is 0 Å². The molecule has 66 valence electrons. The molecule has 0 aliphatic carbocycles. The van der Waals surface area contributed by atoms with Gasteiger partial charge in [-0.05, 0) is 25.4 Å². The van der Waals surface area contributed by atoms with Crippen LogP contribution in [0.5, 0.6) is 0 Å². The molecule has 2 nitrogen and oxygen atoms in total. The van der Waals surface area contributed by atoms with E-state index in [4.69, 9.17) is 0 Å². The Kier molecular flexibility index (Phi) is 5.60. The van der Waals surface area contributed by atoms with Gasteiger partial charge in [-0.3, -0.25) is 4.79 Å². The molecular formula is C8H16O2S. The van der Waals surface area contributed by atoms with Gasteiger partial charge in [0.05, 0.1) is 6.10 Å². The lowest BCUT2D eigenvalue weighted by atomic mass is 9.99. The van der Waals surface area contributed by atoms with E-state index in [0.29, 0.717) is 6.42 Å². The minimum absolute atomic E-state index is 0.0682. The van der Waals surface area contributed by atoms with Crippen molar-refractivity contribution in [1.29, 1.82) is 0 Å². The fraction of sp³-hybridized carbons (Fsp3) is 0.875. The third kappa shape index (κ3) is 4.43. The monoisotopic (exact) mass is 176 g/mol. The molecule has 0 aliphatic heterocycles. The third-order valence-corrected chi connectivity index (χ3v) is 2.48. The van der Waals surface area contributed by atoms with Crippen molar-refractivity contribution in [2.75, 3.05) is 12.0 Å². The first-order valence-corrected chi connectivity index (χ1v) is 5.16. The van der Waals surface area contributed by atoms with Crippen LogP contribution >= 0.6 is 11.8 Å². The summed E-state index contributed by atoms with van der Waals surface area (Å²) in [5.41, 5.74) is 0. The van der Waals surface area contributed by atoms with Crippen molar-refractivity contribution in [3.05, 3.63) is 0 Å². The number of carbonyl (C=O) groups excluding carboxylic acids is 1. The Balaban J connectivity index is 3.63. The fourth-order valence-corrected chi connectivity index (χ4v) is 1.24. The first-order chi connectivity index (χ1) is 5.09. The molecule has 0 radical (unpaired) electrons. The van der Waals surface area contributed by atoms with E-state index >= 15 is 0 Å². The van der Waals surface area contributed by atoms with Gasteiger partial charge in [-0.1, -0.05) is 6.92 Å². The van der Waals surface area contributed by atoms with E-state index in [-0.39, 0.29) is 11.7 Å². The average Bonchev–Trinajstić information content (AvgIpc) is 1.98. The van der Waals surface area contributed by atoms with Crippen molar-refractivity contribution in [3.8, 4) is 0 Å². The summed E-state index contributed by atoms with van der Waals surface area (Å²) in [6.07, 6.45) is 2.24. The maximum Gasteiger partial charge on any atom is 0.135 e. The average molecular weight is 176 g/mol. The van der Waals surface area contributed by atoms with Crippen LogP contribution in [0.15, 0.2) is 0 Å². The van der Waals surface area contributed by atoms with E-state index in [0.717, 1.165) is 5.75 Å². The molecule has 11 heavy (non-hydrogen) atoms. The van der Waals surface area contributed by atoms with Gasteiger partial charge in [0.15, 0.2) is 0 Å². The van der Waals surface area contributed by atoms with Crippen molar-refractivity contribution >= 4 is 17.5 Å². The highest BCUT2D eigenvalue weighted by molar-refractivity contribution is 7.98. The predicted octanol–water partition coefficient (Wildman–Crippen LogP) is 1.33. The van der Waals surface area contributed by atoms with Crippen LogP contribution in [0.1, 0.15) is 20.3 Å². The summed E-state index contributed by atoms with van der Waals surface area (Å²) in [4.78, 5) is 10.8. The highest BCUT2D eigenvalue weighted by Crippen LogP contribution is 2.10. The Morgan fingerprint density at radius 2 is 2.18 bits per heavy atom. The number of rotatable bonds is 5. The Hall–Kier alpha value is -0.0200. The zero-order valence-electron chi connectivity index (χ0n) is 7.33. The highest BCUT2D eigenvalue weighted by Gasteiger charge is 2.17. The van der Waals surface area contributed by atoms with E-state index in [1.54, 1.807) is 18.7 Å². The van der Waals surface area contributed by atoms with Crippen LogP contribution in [-0.2, 0) is 4.79 Å². The van der Waals surface area contributed by atoms with Crippen molar-refractivity contribution < 1.29 is 9.90 Å². The molecule has 0 amide bonds. The summed E-state index contributed by atoms with van der Waals surface area (Å²) < 4.78 is 0. The van der Waals surface area contributed by atoms with Crippen molar-refractivity contribution in [2.24, 2.45) is 5.92 Å². The predicted molar refractivity (Wildman–Crippen MR) is 48.9 cm³/mol. The summed E-state index contributed by atoms with van der Waals surface area (Å²) in [6.45, 7) is 3.29. The maximum atomic E-state index is 10.8. The number of hydrogen-bond donors (Lipinski definition) is 1. The number of ketones is 1. The smallest absolute Gasteiger partial charge is 0.135 e. The molecule has 3 heteroatoms. The summed E-state index contributed by atoms with van der Waals surface area (Å²) in [5.74, 6) is 0.777. The zero-order chi connectivity index (χ0) is 8.85. The van der Waals surface area contributed by atoms with Crippen LogP contribution in [0.25, 0.3) is 0 Å². The standard InChI is InChI=1S/C8H16O2S/c1-6(7(2)9)8(10)4-5-11-3/h6,8,10H,4-5H2,1-3H3. The van der Waals surface area contributed by atoms with Gasteiger partial charge < -0.3 is 5.11 Å². The van der Waals surface area contributed by atoms with E-state index in [1.807, 2.05) is 6.26 Å². The van der Waals surface area contributed by atoms with Gasteiger partial charge in [0.1, 0.15) is 5.78 Å². The molecule has 2 unspecified atom stereocenters. The molecule has 0 rings (SSSR count). The molecular weight excluding hydrogens is 160 g/mol. The summed E-state index contributed by atoms with van der Waals surface area (Å²) in [6, 6.07) is 0. The minimum Gasteiger partial charge on any atom is -0.392 e. The molecule has 0 aromatic rings. The van der Waals surface area contributed by atoms with Crippen molar-refractivity contribution in [1.82, 2.24) is 0 Å². The Labute approximate surface area is 72.4 Å². The highest BCUT2D eigenvalue weighted by atomic mass is 32.2. The second kappa shape index (κ2) is 5.61. The van der Waals surface area contributed by atoms with E-state index < -0.39 is 6.10 Å². The molecule has 0 fully saturated rings. The lowest BCUT2D eigenvalue weighted by Crippen LogP contribution is -2.24. The molecule has 1 N–H and O–H groups in total. The van der Waals surface area contributed by atoms with E-state index in [9.17, 15) is 9.90 Å². The molecule has 0 spiro atoms. The lowest BCUT2D eigenvalue weighted by Gasteiger charge is -2.14. The molecule has 2 atom stereocenters. The molecule has 0 saturated heterocycles. The zero-order valence-corrected chi connectivity index (χ0v) is 8.15. The van der Waals surface area contributed by atoms with Gasteiger partial charge in [-0.25, -0.2) is 0 Å². The van der Waals surface area contributed by atoms with Crippen LogP contribution in [-0.4, -0.2) is 29.0 Å². The van der Waals surface area contributed by atoms with Crippen LogP contribution in [0.2, 0.25) is 0 Å². The van der Waals surface area contributed by atoms with Crippen molar-refractivity contribution in [3.63, 3.8) is 0 Å². The number of Topliss-reactive ketones (excluding diaryl/α,β-unsaturated/α-hetero) is 1. The molecule has 0 bridgehead atoms. The molecule has 0 saturated carbocycles. The largest absolute Gasteiger partial charge is 0.392 e. The number of thioether (sulfide) groups is 1. The SMILES string of the molecule is CSCCC(O)C(C)C(C)=O. The molecule has 0 aromatic heterocycles. The maximum absolute atomic E-state index is 10.8. The first kappa shape index (κ1) is 11.0. The minimum atomic E-state index is -0.458. The van der Waals surface area contributed by atoms with E-state index in [1.165, 1.54) is 6.92 Å². The van der Waals surface area contributed by atoms with Gasteiger partial charge >= 0.3 is 0 Å². The van der Waals surface area contributed by atoms with Gasteiger partial charge in [0.2, 0.25) is 0 Å². The lowest BCUT2D eigenvalue weighted by molar-refractivity contribution is -0.123. The number of hydrogen-bond acceptors (Lipinski definition) is 3. The van der Waals surface area contributed by atoms with Crippen molar-refractivity contribution in [2.45, 2.75) is 26.4 Å². The Morgan fingerprint density at radius 1 is 1.64 bits per heavy atom. The summed E-state index contributed by atoms with van der Waals surface area (Å²) in [7, 11) is 0. The fourth-order valence-electron chi connectivity index (χ4n) is 0.760. The second-order valence-electron chi connectivity index (χ2n) is 2.75. The topological polar surface area (TPSA) is 37.3 Å². The normalized spacial score (nSPS) is 16.0. The number of aliphatic hydroxyl groups is 1. The number of aliphatic hydroxyl groups excluding tert-OH is 1. The third-order valence-electron chi connectivity index (χ3n) is 1.84. The van der Waals surface area contributed by atoms with Gasteiger partial charge in [0, 0.05) is 5.92 Å².